The van der Waals surface area contributed by atoms with Crippen molar-refractivity contribution in [2.45, 2.75) is 31.8 Å². The van der Waals surface area contributed by atoms with Crippen molar-refractivity contribution in [3.8, 4) is 0 Å². The molecule has 0 unspecified atom stereocenters. The van der Waals surface area contributed by atoms with Crippen LogP contribution >= 0.6 is 23.2 Å². The van der Waals surface area contributed by atoms with Gasteiger partial charge in [-0.3, -0.25) is 0 Å². The number of hydrogen-bond acceptors (Lipinski definition) is 2. The Hall–Kier alpha value is -0.970. The Morgan fingerprint density at radius 1 is 1.42 bits per heavy atom. The Labute approximate surface area is 122 Å². The summed E-state index contributed by atoms with van der Waals surface area (Å²) in [6.45, 7) is 0.791. The van der Waals surface area contributed by atoms with E-state index >= 15 is 0 Å². The first-order chi connectivity index (χ1) is 9.02. The van der Waals surface area contributed by atoms with Crippen LogP contribution < -0.4 is 5.73 Å². The molecule has 19 heavy (non-hydrogen) atoms. The minimum absolute atomic E-state index is 0.116. The Bertz CT molecular complexity index is 490. The highest BCUT2D eigenvalue weighted by molar-refractivity contribution is 6.42. The van der Waals surface area contributed by atoms with E-state index in [1.165, 1.54) is 4.90 Å². The molecule has 0 bridgehead atoms. The number of nitrogens with zero attached hydrogens (tertiary/aromatic N) is 1. The summed E-state index contributed by atoms with van der Waals surface area (Å²) >= 11 is 12.2. The maximum atomic E-state index is 11.2. The first-order valence-corrected chi connectivity index (χ1v) is 6.95. The predicted octanol–water partition coefficient (Wildman–Crippen LogP) is 3.14. The molecular weight excluding hydrogens is 287 g/mol. The number of hydrogen-bond donors (Lipinski definition) is 2. The fourth-order valence-corrected chi connectivity index (χ4v) is 2.49. The maximum absolute atomic E-state index is 11.2. The molecule has 1 amide bonds. The lowest BCUT2D eigenvalue weighted by molar-refractivity contribution is 0.139. The fraction of sp³-hybridized carbons (Fsp3) is 0.462. The van der Waals surface area contributed by atoms with Crippen molar-refractivity contribution in [3.63, 3.8) is 0 Å². The normalized spacial score (nSPS) is 14.5. The van der Waals surface area contributed by atoms with Crippen molar-refractivity contribution in [1.82, 2.24) is 4.90 Å². The van der Waals surface area contributed by atoms with E-state index in [0.29, 0.717) is 23.0 Å². The highest BCUT2D eigenvalue weighted by Crippen LogP contribution is 2.33. The first kappa shape index (κ1) is 14.4. The second-order valence-electron chi connectivity index (χ2n) is 4.73. The number of carboxylic acid groups (broad SMARTS) is 1. The summed E-state index contributed by atoms with van der Waals surface area (Å²) in [6, 6.07) is 3.78. The molecule has 1 saturated carbocycles. The Morgan fingerprint density at radius 2 is 2.11 bits per heavy atom. The van der Waals surface area contributed by atoms with Crippen molar-refractivity contribution in [2.24, 2.45) is 5.73 Å². The molecule has 1 aliphatic carbocycles. The van der Waals surface area contributed by atoms with Gasteiger partial charge in [0.15, 0.2) is 0 Å². The van der Waals surface area contributed by atoms with E-state index in [0.717, 1.165) is 24.0 Å². The lowest BCUT2D eigenvalue weighted by Gasteiger charge is -2.20. The van der Waals surface area contributed by atoms with E-state index in [1.807, 2.05) is 6.07 Å². The molecule has 0 radical (unpaired) electrons. The van der Waals surface area contributed by atoms with Crippen LogP contribution in [0.2, 0.25) is 10.0 Å². The number of halogens is 2. The van der Waals surface area contributed by atoms with Crippen LogP contribution in [-0.4, -0.2) is 28.7 Å². The average molecular weight is 303 g/mol. The molecule has 2 rings (SSSR count). The van der Waals surface area contributed by atoms with Gasteiger partial charge in [0.2, 0.25) is 0 Å². The first-order valence-electron chi connectivity index (χ1n) is 6.19. The molecule has 0 aromatic heterocycles. The van der Waals surface area contributed by atoms with E-state index in [2.05, 4.69) is 0 Å². The smallest absolute Gasteiger partial charge is 0.407 e. The second-order valence-corrected chi connectivity index (χ2v) is 5.52. The van der Waals surface area contributed by atoms with Gasteiger partial charge in [0, 0.05) is 6.04 Å². The van der Waals surface area contributed by atoms with Crippen molar-refractivity contribution in [3.05, 3.63) is 33.3 Å². The quantitative estimate of drug-likeness (QED) is 0.878. The molecule has 3 N–H and O–H groups in total. The highest BCUT2D eigenvalue weighted by Gasteiger charge is 2.33. The maximum Gasteiger partial charge on any atom is 0.407 e. The Balaban J connectivity index is 2.24. The van der Waals surface area contributed by atoms with Gasteiger partial charge in [0.05, 0.1) is 16.6 Å². The SMILES string of the molecule is NCCc1cc(Cl)c(Cl)c(CN(C(=O)O)C2CC2)c1. The number of nitrogens with two attached hydrogens (primary N) is 1. The van der Waals surface area contributed by atoms with E-state index in [1.54, 1.807) is 6.07 Å². The van der Waals surface area contributed by atoms with Gasteiger partial charge in [-0.25, -0.2) is 4.79 Å². The zero-order valence-electron chi connectivity index (χ0n) is 10.4. The van der Waals surface area contributed by atoms with Gasteiger partial charge in [0.25, 0.3) is 0 Å². The second kappa shape index (κ2) is 5.99. The van der Waals surface area contributed by atoms with Gasteiger partial charge in [-0.1, -0.05) is 29.3 Å². The molecule has 0 aliphatic heterocycles. The number of amides is 1. The van der Waals surface area contributed by atoms with Crippen LogP contribution in [0.5, 0.6) is 0 Å². The van der Waals surface area contributed by atoms with E-state index < -0.39 is 6.09 Å². The molecule has 0 spiro atoms. The zero-order valence-corrected chi connectivity index (χ0v) is 11.9. The highest BCUT2D eigenvalue weighted by atomic mass is 35.5. The molecule has 104 valence electrons. The molecule has 1 aromatic carbocycles. The van der Waals surface area contributed by atoms with E-state index in [9.17, 15) is 9.90 Å². The molecule has 0 atom stereocenters. The van der Waals surface area contributed by atoms with E-state index in [-0.39, 0.29) is 12.6 Å². The topological polar surface area (TPSA) is 66.6 Å². The van der Waals surface area contributed by atoms with Gasteiger partial charge >= 0.3 is 6.09 Å². The largest absolute Gasteiger partial charge is 0.465 e. The van der Waals surface area contributed by atoms with E-state index in [4.69, 9.17) is 28.9 Å². The molecule has 1 fully saturated rings. The number of carbonyl (C=O) groups is 1. The summed E-state index contributed by atoms with van der Waals surface area (Å²) in [5, 5.41) is 10.1. The van der Waals surface area contributed by atoms with Crippen LogP contribution in [0, 0.1) is 0 Å². The van der Waals surface area contributed by atoms with Crippen LogP contribution in [-0.2, 0) is 13.0 Å². The monoisotopic (exact) mass is 302 g/mol. The molecule has 1 aromatic rings. The lowest BCUT2D eigenvalue weighted by Crippen LogP contribution is -2.31. The summed E-state index contributed by atoms with van der Waals surface area (Å²) in [4.78, 5) is 12.6. The van der Waals surface area contributed by atoms with Crippen molar-refractivity contribution in [1.29, 1.82) is 0 Å². The van der Waals surface area contributed by atoms with Crippen LogP contribution in [0.15, 0.2) is 12.1 Å². The molecular formula is C13H16Cl2N2O2. The Kier molecular flexibility index (Phi) is 4.55. The zero-order chi connectivity index (χ0) is 14.0. The van der Waals surface area contributed by atoms with Crippen molar-refractivity contribution in [2.75, 3.05) is 6.54 Å². The van der Waals surface area contributed by atoms with Crippen LogP contribution in [0.25, 0.3) is 0 Å². The van der Waals surface area contributed by atoms with Crippen LogP contribution in [0.4, 0.5) is 4.79 Å². The third-order valence-corrected chi connectivity index (χ3v) is 4.01. The van der Waals surface area contributed by atoms with Gasteiger partial charge in [0.1, 0.15) is 0 Å². The average Bonchev–Trinajstić information content (AvgIpc) is 3.15. The standard InChI is InChI=1S/C13H16Cl2N2O2/c14-11-6-8(3-4-16)5-9(12(11)15)7-17(13(18)19)10-1-2-10/h5-6,10H,1-4,7,16H2,(H,18,19). The predicted molar refractivity (Wildman–Crippen MR) is 75.8 cm³/mol. The lowest BCUT2D eigenvalue weighted by atomic mass is 10.1. The number of benzene rings is 1. The molecule has 1 aliphatic rings. The molecule has 4 nitrogen and oxygen atoms in total. The van der Waals surface area contributed by atoms with Crippen LogP contribution in [0.3, 0.4) is 0 Å². The number of rotatable bonds is 5. The summed E-state index contributed by atoms with van der Waals surface area (Å²) in [6.07, 6.45) is 1.61. The molecule has 0 heterocycles. The van der Waals surface area contributed by atoms with Gasteiger partial charge < -0.3 is 15.7 Å². The minimum Gasteiger partial charge on any atom is -0.465 e. The fourth-order valence-electron chi connectivity index (χ4n) is 2.06. The third kappa shape index (κ3) is 3.53. The molecule has 6 heteroatoms. The summed E-state index contributed by atoms with van der Waals surface area (Å²) in [5.74, 6) is 0. The summed E-state index contributed by atoms with van der Waals surface area (Å²) in [7, 11) is 0. The molecule has 0 saturated heterocycles. The Morgan fingerprint density at radius 3 is 2.63 bits per heavy atom. The van der Waals surface area contributed by atoms with Crippen LogP contribution in [0.1, 0.15) is 24.0 Å². The van der Waals surface area contributed by atoms with Gasteiger partial charge in [-0.2, -0.15) is 0 Å². The third-order valence-electron chi connectivity index (χ3n) is 3.17. The van der Waals surface area contributed by atoms with Gasteiger partial charge in [-0.05, 0) is 43.0 Å². The minimum atomic E-state index is -0.918. The van der Waals surface area contributed by atoms with Crippen molar-refractivity contribution >= 4 is 29.3 Å². The summed E-state index contributed by atoms with van der Waals surface area (Å²) < 4.78 is 0. The van der Waals surface area contributed by atoms with Crippen molar-refractivity contribution < 1.29 is 9.90 Å². The summed E-state index contributed by atoms with van der Waals surface area (Å²) in [5.41, 5.74) is 7.25. The van der Waals surface area contributed by atoms with Gasteiger partial charge in [-0.15, -0.1) is 0 Å².